The zero-order valence-electron chi connectivity index (χ0n) is 8.54. The monoisotopic (exact) mass is 235 g/mol. The molecule has 90 valence electrons. The molecule has 16 heavy (non-hydrogen) atoms. The fourth-order valence-corrected chi connectivity index (χ4v) is 1.33. The van der Waals surface area contributed by atoms with Crippen LogP contribution in [0.1, 0.15) is 11.7 Å². The number of aliphatic hydroxyl groups excluding tert-OH is 2. The maximum absolute atomic E-state index is 13.2. The van der Waals surface area contributed by atoms with Gasteiger partial charge in [0.2, 0.25) is 0 Å². The van der Waals surface area contributed by atoms with Crippen LogP contribution in [0.3, 0.4) is 0 Å². The van der Waals surface area contributed by atoms with Gasteiger partial charge in [-0.05, 0) is 19.2 Å². The summed E-state index contributed by atoms with van der Waals surface area (Å²) in [5.41, 5.74) is -0.859. The summed E-state index contributed by atoms with van der Waals surface area (Å²) < 4.78 is 39.2. The zero-order chi connectivity index (χ0) is 12.3. The van der Waals surface area contributed by atoms with E-state index >= 15 is 0 Å². The number of hydrogen-bond donors (Lipinski definition) is 3. The Balaban J connectivity index is 3.07. The Morgan fingerprint density at radius 3 is 2.31 bits per heavy atom. The van der Waals surface area contributed by atoms with E-state index in [0.717, 1.165) is 0 Å². The van der Waals surface area contributed by atoms with Gasteiger partial charge in [0.15, 0.2) is 11.6 Å². The van der Waals surface area contributed by atoms with Crippen molar-refractivity contribution in [1.82, 2.24) is 5.32 Å². The summed E-state index contributed by atoms with van der Waals surface area (Å²) in [5.74, 6) is -3.85. The molecule has 0 saturated heterocycles. The summed E-state index contributed by atoms with van der Waals surface area (Å²) in [4.78, 5) is 0. The molecular weight excluding hydrogens is 223 g/mol. The van der Waals surface area contributed by atoms with E-state index in [0.29, 0.717) is 12.1 Å². The van der Waals surface area contributed by atoms with Crippen LogP contribution < -0.4 is 5.32 Å². The first-order valence-electron chi connectivity index (χ1n) is 4.63. The maximum atomic E-state index is 13.2. The Kier molecular flexibility index (Phi) is 4.28. The molecular formula is C10H12F3NO2. The highest BCUT2D eigenvalue weighted by Crippen LogP contribution is 2.25. The standard InChI is InChI=1S/C10H12F3NO2/c1-14-4-7(15)10(16)8-5(11)2-3-6(12)9(8)13/h2-3,7,10,14-16H,4H2,1H3. The largest absolute Gasteiger partial charge is 0.389 e. The van der Waals surface area contributed by atoms with E-state index in [1.807, 2.05) is 0 Å². The normalized spacial score (nSPS) is 14.9. The van der Waals surface area contributed by atoms with Crippen LogP contribution in [0.4, 0.5) is 13.2 Å². The molecule has 0 aromatic heterocycles. The Labute approximate surface area is 90.5 Å². The SMILES string of the molecule is CNCC(O)C(O)c1c(F)ccc(F)c1F. The Morgan fingerprint density at radius 2 is 1.75 bits per heavy atom. The molecule has 1 aromatic carbocycles. The predicted octanol–water partition coefficient (Wildman–Crippen LogP) is 0.718. The summed E-state index contributed by atoms with van der Waals surface area (Å²) in [6.45, 7) is -0.0729. The van der Waals surface area contributed by atoms with E-state index in [9.17, 15) is 23.4 Å². The first kappa shape index (κ1) is 13.0. The van der Waals surface area contributed by atoms with E-state index in [-0.39, 0.29) is 6.54 Å². The smallest absolute Gasteiger partial charge is 0.167 e. The van der Waals surface area contributed by atoms with Crippen molar-refractivity contribution in [3.8, 4) is 0 Å². The van der Waals surface area contributed by atoms with Gasteiger partial charge in [-0.2, -0.15) is 0 Å². The van der Waals surface area contributed by atoms with Crippen LogP contribution in [0.5, 0.6) is 0 Å². The number of hydrogen-bond acceptors (Lipinski definition) is 3. The topological polar surface area (TPSA) is 52.5 Å². The molecule has 0 aliphatic carbocycles. The highest BCUT2D eigenvalue weighted by molar-refractivity contribution is 5.24. The fourth-order valence-electron chi connectivity index (χ4n) is 1.33. The van der Waals surface area contributed by atoms with Crippen LogP contribution in [0, 0.1) is 17.5 Å². The molecule has 0 radical (unpaired) electrons. The van der Waals surface area contributed by atoms with Gasteiger partial charge >= 0.3 is 0 Å². The maximum Gasteiger partial charge on any atom is 0.167 e. The first-order chi connectivity index (χ1) is 7.49. The van der Waals surface area contributed by atoms with Gasteiger partial charge in [0.05, 0.1) is 11.7 Å². The van der Waals surface area contributed by atoms with Crippen molar-refractivity contribution in [2.24, 2.45) is 0 Å². The molecule has 0 saturated carbocycles. The molecule has 0 aliphatic heterocycles. The molecule has 2 atom stereocenters. The van der Waals surface area contributed by atoms with E-state index in [1.54, 1.807) is 0 Å². The average molecular weight is 235 g/mol. The second-order valence-corrected chi connectivity index (χ2v) is 3.33. The lowest BCUT2D eigenvalue weighted by atomic mass is 10.0. The van der Waals surface area contributed by atoms with Crippen molar-refractivity contribution in [2.45, 2.75) is 12.2 Å². The number of likely N-dealkylation sites (N-methyl/N-ethyl adjacent to an activating group) is 1. The van der Waals surface area contributed by atoms with Crippen LogP contribution in [0.25, 0.3) is 0 Å². The van der Waals surface area contributed by atoms with Gasteiger partial charge in [-0.15, -0.1) is 0 Å². The lowest BCUT2D eigenvalue weighted by Gasteiger charge is -2.18. The van der Waals surface area contributed by atoms with Gasteiger partial charge in [0, 0.05) is 6.54 Å². The third-order valence-corrected chi connectivity index (χ3v) is 2.15. The molecule has 0 spiro atoms. The van der Waals surface area contributed by atoms with Gasteiger partial charge < -0.3 is 15.5 Å². The molecule has 2 unspecified atom stereocenters. The Morgan fingerprint density at radius 1 is 1.19 bits per heavy atom. The third-order valence-electron chi connectivity index (χ3n) is 2.15. The van der Waals surface area contributed by atoms with E-state index < -0.39 is 35.2 Å². The number of aliphatic hydroxyl groups is 2. The average Bonchev–Trinajstić information content (AvgIpc) is 2.24. The summed E-state index contributed by atoms with van der Waals surface area (Å²) >= 11 is 0. The van der Waals surface area contributed by atoms with Crippen molar-refractivity contribution in [2.75, 3.05) is 13.6 Å². The molecule has 1 rings (SSSR count). The minimum Gasteiger partial charge on any atom is -0.389 e. The zero-order valence-corrected chi connectivity index (χ0v) is 8.54. The van der Waals surface area contributed by atoms with Crippen LogP contribution >= 0.6 is 0 Å². The summed E-state index contributed by atoms with van der Waals surface area (Å²) in [6, 6.07) is 1.31. The fraction of sp³-hybridized carbons (Fsp3) is 0.400. The molecule has 3 N–H and O–H groups in total. The highest BCUT2D eigenvalue weighted by Gasteiger charge is 2.26. The van der Waals surface area contributed by atoms with Gasteiger partial charge in [-0.3, -0.25) is 0 Å². The van der Waals surface area contributed by atoms with Crippen molar-refractivity contribution < 1.29 is 23.4 Å². The van der Waals surface area contributed by atoms with Crippen molar-refractivity contribution in [3.63, 3.8) is 0 Å². The van der Waals surface area contributed by atoms with Crippen molar-refractivity contribution in [3.05, 3.63) is 35.1 Å². The summed E-state index contributed by atoms with van der Waals surface area (Å²) in [6.07, 6.45) is -3.24. The van der Waals surface area contributed by atoms with Gasteiger partial charge in [0.25, 0.3) is 0 Å². The molecule has 0 fully saturated rings. The third kappa shape index (κ3) is 2.52. The molecule has 0 amide bonds. The molecule has 0 aliphatic rings. The van der Waals surface area contributed by atoms with Gasteiger partial charge in [-0.1, -0.05) is 0 Å². The van der Waals surface area contributed by atoms with Crippen molar-refractivity contribution >= 4 is 0 Å². The Hall–Kier alpha value is -1.11. The van der Waals surface area contributed by atoms with Crippen LogP contribution in [0.2, 0.25) is 0 Å². The number of rotatable bonds is 4. The van der Waals surface area contributed by atoms with Crippen LogP contribution in [-0.2, 0) is 0 Å². The molecule has 3 nitrogen and oxygen atoms in total. The lowest BCUT2D eigenvalue weighted by molar-refractivity contribution is 0.0155. The number of halogens is 3. The number of benzene rings is 1. The second-order valence-electron chi connectivity index (χ2n) is 3.33. The van der Waals surface area contributed by atoms with Crippen molar-refractivity contribution in [1.29, 1.82) is 0 Å². The van der Waals surface area contributed by atoms with Crippen LogP contribution in [-0.4, -0.2) is 29.9 Å². The second kappa shape index (κ2) is 5.29. The predicted molar refractivity (Wildman–Crippen MR) is 51.2 cm³/mol. The summed E-state index contributed by atoms with van der Waals surface area (Å²) in [7, 11) is 1.49. The summed E-state index contributed by atoms with van der Waals surface area (Å²) in [5, 5.41) is 21.3. The molecule has 6 heteroatoms. The van der Waals surface area contributed by atoms with Crippen LogP contribution in [0.15, 0.2) is 12.1 Å². The van der Waals surface area contributed by atoms with Gasteiger partial charge in [-0.25, -0.2) is 13.2 Å². The highest BCUT2D eigenvalue weighted by atomic mass is 19.2. The first-order valence-corrected chi connectivity index (χ1v) is 4.63. The minimum atomic E-state index is -1.82. The molecule has 0 heterocycles. The quantitative estimate of drug-likeness (QED) is 0.674. The number of nitrogens with one attached hydrogen (secondary N) is 1. The van der Waals surface area contributed by atoms with E-state index in [4.69, 9.17) is 0 Å². The minimum absolute atomic E-state index is 0.0729. The van der Waals surface area contributed by atoms with E-state index in [2.05, 4.69) is 5.32 Å². The molecule has 0 bridgehead atoms. The van der Waals surface area contributed by atoms with Gasteiger partial charge in [0.1, 0.15) is 11.9 Å². The van der Waals surface area contributed by atoms with E-state index in [1.165, 1.54) is 7.05 Å². The Bertz CT molecular complexity index is 373. The molecule has 1 aromatic rings. The lowest BCUT2D eigenvalue weighted by Crippen LogP contribution is -2.30.